The molecule has 22 heavy (non-hydrogen) atoms. The summed E-state index contributed by atoms with van der Waals surface area (Å²) in [6.45, 7) is 5.88. The van der Waals surface area contributed by atoms with Gasteiger partial charge in [-0.25, -0.2) is 4.99 Å². The lowest BCUT2D eigenvalue weighted by molar-refractivity contribution is -0.114. The summed E-state index contributed by atoms with van der Waals surface area (Å²) in [5, 5.41) is 9.10. The van der Waals surface area contributed by atoms with Gasteiger partial charge in [-0.1, -0.05) is 19.8 Å². The molecule has 0 aliphatic rings. The van der Waals surface area contributed by atoms with Crippen molar-refractivity contribution in [1.29, 1.82) is 0 Å². The Morgan fingerprint density at radius 2 is 2.09 bits per heavy atom. The van der Waals surface area contributed by atoms with E-state index in [1.54, 1.807) is 24.5 Å². The number of guanidine groups is 1. The van der Waals surface area contributed by atoms with Crippen molar-refractivity contribution in [1.82, 2.24) is 15.6 Å². The molecule has 124 valence electrons. The van der Waals surface area contributed by atoms with Crippen molar-refractivity contribution in [3.8, 4) is 0 Å². The molecule has 1 amide bonds. The van der Waals surface area contributed by atoms with Crippen molar-refractivity contribution in [2.45, 2.75) is 33.1 Å². The monoisotopic (exact) mass is 419 g/mol. The maximum absolute atomic E-state index is 11.8. The Hall–Kier alpha value is -1.38. The van der Waals surface area contributed by atoms with E-state index < -0.39 is 0 Å². The van der Waals surface area contributed by atoms with Gasteiger partial charge in [0.05, 0.1) is 11.9 Å². The third kappa shape index (κ3) is 9.54. The first-order chi connectivity index (χ1) is 10.3. The first kappa shape index (κ1) is 20.6. The van der Waals surface area contributed by atoms with Gasteiger partial charge in [0.15, 0.2) is 5.96 Å². The Bertz CT molecular complexity index is 439. The highest BCUT2D eigenvalue weighted by Crippen LogP contribution is 2.01. The molecule has 1 heterocycles. The second kappa shape index (κ2) is 13.3. The molecular weight excluding hydrogens is 393 g/mol. The number of nitrogens with one attached hydrogen (secondary N) is 3. The highest BCUT2D eigenvalue weighted by Gasteiger charge is 2.02. The smallest absolute Gasteiger partial charge is 0.246 e. The lowest BCUT2D eigenvalue weighted by Gasteiger charge is -2.11. The van der Waals surface area contributed by atoms with E-state index in [2.05, 4.69) is 32.9 Å². The zero-order valence-corrected chi connectivity index (χ0v) is 15.6. The molecule has 6 nitrogen and oxygen atoms in total. The van der Waals surface area contributed by atoms with Gasteiger partial charge >= 0.3 is 0 Å². The minimum atomic E-state index is -0.159. The topological polar surface area (TPSA) is 78.4 Å². The van der Waals surface area contributed by atoms with E-state index in [1.165, 1.54) is 12.8 Å². The van der Waals surface area contributed by atoms with Crippen molar-refractivity contribution >= 4 is 41.5 Å². The molecule has 0 fully saturated rings. The molecule has 0 saturated heterocycles. The van der Waals surface area contributed by atoms with Crippen LogP contribution in [0.5, 0.6) is 0 Å². The molecule has 7 heteroatoms. The molecule has 0 radical (unpaired) electrons. The van der Waals surface area contributed by atoms with Crippen LogP contribution in [0.3, 0.4) is 0 Å². The second-order valence-corrected chi connectivity index (χ2v) is 4.62. The van der Waals surface area contributed by atoms with Crippen LogP contribution in [0.15, 0.2) is 29.5 Å². The minimum absolute atomic E-state index is 0. The number of aromatic nitrogens is 1. The van der Waals surface area contributed by atoms with Gasteiger partial charge in [-0.05, 0) is 25.5 Å². The first-order valence-corrected chi connectivity index (χ1v) is 7.48. The van der Waals surface area contributed by atoms with Crippen LogP contribution >= 0.6 is 24.0 Å². The van der Waals surface area contributed by atoms with Gasteiger partial charge in [0, 0.05) is 19.3 Å². The summed E-state index contributed by atoms with van der Waals surface area (Å²) in [7, 11) is 0. The average Bonchev–Trinajstić information content (AvgIpc) is 2.50. The maximum Gasteiger partial charge on any atom is 0.246 e. The number of unbranched alkanes of at least 4 members (excludes halogenated alkanes) is 2. The number of anilines is 1. The summed E-state index contributed by atoms with van der Waals surface area (Å²) >= 11 is 0. The zero-order valence-electron chi connectivity index (χ0n) is 13.3. The number of pyridine rings is 1. The molecule has 1 aromatic rings. The van der Waals surface area contributed by atoms with Crippen molar-refractivity contribution < 1.29 is 4.79 Å². The quantitative estimate of drug-likeness (QED) is 0.262. The Morgan fingerprint density at radius 1 is 1.27 bits per heavy atom. The normalized spacial score (nSPS) is 10.5. The molecule has 0 aromatic carbocycles. The molecule has 0 spiro atoms. The molecule has 0 saturated carbocycles. The summed E-state index contributed by atoms with van der Waals surface area (Å²) < 4.78 is 0. The molecule has 1 rings (SSSR count). The predicted molar refractivity (Wildman–Crippen MR) is 102 cm³/mol. The van der Waals surface area contributed by atoms with E-state index in [9.17, 15) is 4.79 Å². The molecule has 0 aliphatic heterocycles. The number of carbonyl (C=O) groups is 1. The fraction of sp³-hybridized carbons (Fsp3) is 0.533. The van der Waals surface area contributed by atoms with Gasteiger partial charge in [0.2, 0.25) is 5.91 Å². The number of halogens is 1. The van der Waals surface area contributed by atoms with Gasteiger partial charge < -0.3 is 16.0 Å². The number of carbonyl (C=O) groups excluding carboxylic acids is 1. The minimum Gasteiger partial charge on any atom is -0.357 e. The number of aliphatic imine (C=N–C) groups is 1. The predicted octanol–water partition coefficient (Wildman–Crippen LogP) is 2.38. The summed E-state index contributed by atoms with van der Waals surface area (Å²) in [6, 6.07) is 3.57. The van der Waals surface area contributed by atoms with Crippen molar-refractivity contribution in [2.24, 2.45) is 4.99 Å². The Kier molecular flexibility index (Phi) is 12.5. The number of amides is 1. The van der Waals surface area contributed by atoms with Gasteiger partial charge in [-0.2, -0.15) is 0 Å². The molecule has 1 aromatic heterocycles. The summed E-state index contributed by atoms with van der Waals surface area (Å²) in [5.74, 6) is 0.517. The highest BCUT2D eigenvalue weighted by molar-refractivity contribution is 14.0. The second-order valence-electron chi connectivity index (χ2n) is 4.62. The van der Waals surface area contributed by atoms with Crippen LogP contribution in [-0.2, 0) is 4.79 Å². The van der Waals surface area contributed by atoms with Crippen LogP contribution in [-0.4, -0.2) is 36.5 Å². The van der Waals surface area contributed by atoms with E-state index in [4.69, 9.17) is 0 Å². The maximum atomic E-state index is 11.8. The SMILES string of the molecule is CCCCCNC(=NCC(=O)Nc1cccnc1)NCC.I. The standard InChI is InChI=1S/C15H25N5O.HI/c1-3-5-6-10-18-15(17-4-2)19-12-14(21)20-13-8-7-9-16-11-13;/h7-9,11H,3-6,10,12H2,1-2H3,(H,20,21)(H2,17,18,19);1H. The van der Waals surface area contributed by atoms with E-state index in [-0.39, 0.29) is 36.4 Å². The molecule has 3 N–H and O–H groups in total. The molecule has 0 atom stereocenters. The molecule has 0 unspecified atom stereocenters. The Morgan fingerprint density at radius 3 is 2.73 bits per heavy atom. The third-order valence-electron chi connectivity index (χ3n) is 2.74. The summed E-state index contributed by atoms with van der Waals surface area (Å²) in [6.07, 6.45) is 6.74. The summed E-state index contributed by atoms with van der Waals surface area (Å²) in [5.41, 5.74) is 0.679. The van der Waals surface area contributed by atoms with Gasteiger partial charge in [0.1, 0.15) is 6.54 Å². The summed E-state index contributed by atoms with van der Waals surface area (Å²) in [4.78, 5) is 20.0. The largest absolute Gasteiger partial charge is 0.357 e. The molecule has 0 aliphatic carbocycles. The van der Waals surface area contributed by atoms with Crippen molar-refractivity contribution in [2.75, 3.05) is 25.0 Å². The molecule has 0 bridgehead atoms. The van der Waals surface area contributed by atoms with Gasteiger partial charge in [-0.3, -0.25) is 9.78 Å². The Labute approximate surface area is 149 Å². The van der Waals surface area contributed by atoms with Crippen LogP contribution < -0.4 is 16.0 Å². The van der Waals surface area contributed by atoms with Crippen LogP contribution in [0.4, 0.5) is 5.69 Å². The van der Waals surface area contributed by atoms with Crippen LogP contribution in [0.25, 0.3) is 0 Å². The van der Waals surface area contributed by atoms with E-state index in [1.807, 2.05) is 6.92 Å². The van der Waals surface area contributed by atoms with Crippen LogP contribution in [0.2, 0.25) is 0 Å². The van der Waals surface area contributed by atoms with Gasteiger partial charge in [0.25, 0.3) is 0 Å². The number of hydrogen-bond acceptors (Lipinski definition) is 3. The van der Waals surface area contributed by atoms with Crippen molar-refractivity contribution in [3.05, 3.63) is 24.5 Å². The fourth-order valence-corrected chi connectivity index (χ4v) is 1.71. The lowest BCUT2D eigenvalue weighted by Crippen LogP contribution is -2.38. The number of hydrogen-bond donors (Lipinski definition) is 3. The average molecular weight is 419 g/mol. The number of rotatable bonds is 8. The number of nitrogens with zero attached hydrogens (tertiary/aromatic N) is 2. The van der Waals surface area contributed by atoms with Gasteiger partial charge in [-0.15, -0.1) is 24.0 Å². The van der Waals surface area contributed by atoms with E-state index in [0.29, 0.717) is 11.6 Å². The van der Waals surface area contributed by atoms with Crippen molar-refractivity contribution in [3.63, 3.8) is 0 Å². The first-order valence-electron chi connectivity index (χ1n) is 7.48. The lowest BCUT2D eigenvalue weighted by atomic mass is 10.2. The zero-order chi connectivity index (χ0) is 15.3. The van der Waals surface area contributed by atoms with E-state index >= 15 is 0 Å². The molecular formula is C15H26IN5O. The Balaban J connectivity index is 0.00000441. The fourth-order valence-electron chi connectivity index (χ4n) is 1.71. The van der Waals surface area contributed by atoms with Crippen LogP contribution in [0, 0.1) is 0 Å². The third-order valence-corrected chi connectivity index (χ3v) is 2.74. The highest BCUT2D eigenvalue weighted by atomic mass is 127. The van der Waals surface area contributed by atoms with E-state index in [0.717, 1.165) is 19.5 Å². The van der Waals surface area contributed by atoms with Crippen LogP contribution in [0.1, 0.15) is 33.1 Å².